The smallest absolute Gasteiger partial charge is 0.0928 e. The van der Waals surface area contributed by atoms with Gasteiger partial charge in [0.1, 0.15) is 0 Å². The summed E-state index contributed by atoms with van der Waals surface area (Å²) in [7, 11) is 0. The van der Waals surface area contributed by atoms with E-state index in [1.54, 1.807) is 0 Å². The Hall–Kier alpha value is -1.23. The molecule has 0 aliphatic heterocycles. The minimum atomic E-state index is -0.455. The Balaban J connectivity index is 1.66. The van der Waals surface area contributed by atoms with Gasteiger partial charge in [-0.25, -0.2) is 4.98 Å². The van der Waals surface area contributed by atoms with E-state index in [1.165, 1.54) is 27.6 Å². The predicted octanol–water partition coefficient (Wildman–Crippen LogP) is 3.71. The van der Waals surface area contributed by atoms with E-state index in [2.05, 4.69) is 31.3 Å². The highest BCUT2D eigenvalue weighted by molar-refractivity contribution is 7.11. The van der Waals surface area contributed by atoms with Crippen LogP contribution in [0.4, 0.5) is 0 Å². The number of nitrogens with zero attached hydrogens (tertiary/aromatic N) is 1. The third-order valence-electron chi connectivity index (χ3n) is 4.28. The highest BCUT2D eigenvalue weighted by Gasteiger charge is 2.24. The Kier molecular flexibility index (Phi) is 4.91. The number of aryl methyl sites for hydroxylation is 3. The summed E-state index contributed by atoms with van der Waals surface area (Å²) in [5, 5.41) is 15.2. The second-order valence-electron chi connectivity index (χ2n) is 6.06. The van der Waals surface area contributed by atoms with Gasteiger partial charge in [-0.1, -0.05) is 36.8 Å². The standard InChI is InChI=1S/C18H24N2OS/c1-3-17-20-15-9-5-8-14(18(15)22-17)19-11-16(21)13-7-4-6-12(2)10-13/h4,6-7,10,14,16,19,21H,3,5,8-9,11H2,1-2H3. The molecule has 0 amide bonds. The Morgan fingerprint density at radius 2 is 2.32 bits per heavy atom. The first-order valence-corrected chi connectivity index (χ1v) is 8.95. The van der Waals surface area contributed by atoms with Crippen LogP contribution in [0.2, 0.25) is 0 Å². The Morgan fingerprint density at radius 3 is 3.09 bits per heavy atom. The van der Waals surface area contributed by atoms with Crippen molar-refractivity contribution in [3.05, 3.63) is 51.0 Å². The number of benzene rings is 1. The molecule has 2 N–H and O–H groups in total. The monoisotopic (exact) mass is 316 g/mol. The molecule has 0 saturated heterocycles. The van der Waals surface area contributed by atoms with Crippen molar-refractivity contribution >= 4 is 11.3 Å². The molecule has 3 nitrogen and oxygen atoms in total. The van der Waals surface area contributed by atoms with Crippen LogP contribution in [0.5, 0.6) is 0 Å². The first-order chi connectivity index (χ1) is 10.7. The summed E-state index contributed by atoms with van der Waals surface area (Å²) in [5.74, 6) is 0. The number of nitrogens with one attached hydrogen (secondary N) is 1. The zero-order valence-electron chi connectivity index (χ0n) is 13.3. The molecule has 0 spiro atoms. The van der Waals surface area contributed by atoms with Gasteiger partial charge in [0.25, 0.3) is 0 Å². The third kappa shape index (κ3) is 3.40. The number of hydrogen-bond donors (Lipinski definition) is 2. The second kappa shape index (κ2) is 6.90. The second-order valence-corrected chi connectivity index (χ2v) is 7.17. The fourth-order valence-corrected chi connectivity index (χ4v) is 4.23. The fourth-order valence-electron chi connectivity index (χ4n) is 3.07. The molecule has 4 heteroatoms. The topological polar surface area (TPSA) is 45.2 Å². The van der Waals surface area contributed by atoms with Crippen LogP contribution in [0, 0.1) is 6.92 Å². The molecule has 118 valence electrons. The molecule has 2 aromatic rings. The van der Waals surface area contributed by atoms with Gasteiger partial charge >= 0.3 is 0 Å². The van der Waals surface area contributed by atoms with Crippen LogP contribution in [-0.4, -0.2) is 16.6 Å². The fraction of sp³-hybridized carbons (Fsp3) is 0.500. The molecular formula is C18H24N2OS. The van der Waals surface area contributed by atoms with Crippen molar-refractivity contribution < 1.29 is 5.11 Å². The molecule has 1 heterocycles. The van der Waals surface area contributed by atoms with Crippen molar-refractivity contribution in [3.8, 4) is 0 Å². The lowest BCUT2D eigenvalue weighted by Gasteiger charge is -2.24. The molecule has 1 aliphatic rings. The van der Waals surface area contributed by atoms with Gasteiger partial charge in [-0.2, -0.15) is 0 Å². The van der Waals surface area contributed by atoms with Crippen molar-refractivity contribution in [1.82, 2.24) is 10.3 Å². The van der Waals surface area contributed by atoms with Gasteiger partial charge in [-0.3, -0.25) is 0 Å². The molecule has 1 aromatic carbocycles. The molecule has 0 bridgehead atoms. The van der Waals surface area contributed by atoms with E-state index < -0.39 is 6.10 Å². The lowest BCUT2D eigenvalue weighted by molar-refractivity contribution is 0.168. The molecule has 0 saturated carbocycles. The van der Waals surface area contributed by atoms with Crippen LogP contribution in [0.15, 0.2) is 24.3 Å². The summed E-state index contributed by atoms with van der Waals surface area (Å²) in [6.45, 7) is 4.81. The number of aromatic nitrogens is 1. The molecule has 1 aliphatic carbocycles. The highest BCUT2D eigenvalue weighted by Crippen LogP contribution is 2.34. The quantitative estimate of drug-likeness (QED) is 0.884. The third-order valence-corrected chi connectivity index (χ3v) is 5.64. The molecule has 2 atom stereocenters. The molecule has 22 heavy (non-hydrogen) atoms. The van der Waals surface area contributed by atoms with E-state index in [9.17, 15) is 5.11 Å². The lowest BCUT2D eigenvalue weighted by atomic mass is 9.97. The maximum Gasteiger partial charge on any atom is 0.0928 e. The van der Waals surface area contributed by atoms with E-state index in [1.807, 2.05) is 23.5 Å². The van der Waals surface area contributed by atoms with Gasteiger partial charge in [0.2, 0.25) is 0 Å². The molecule has 2 unspecified atom stereocenters. The highest BCUT2D eigenvalue weighted by atomic mass is 32.1. The minimum absolute atomic E-state index is 0.348. The van der Waals surface area contributed by atoms with Gasteiger partial charge in [-0.05, 0) is 38.2 Å². The number of rotatable bonds is 5. The van der Waals surface area contributed by atoms with Gasteiger partial charge in [0.05, 0.1) is 16.8 Å². The van der Waals surface area contributed by atoms with Crippen LogP contribution in [0.3, 0.4) is 0 Å². The maximum atomic E-state index is 10.4. The van der Waals surface area contributed by atoms with E-state index in [4.69, 9.17) is 4.98 Å². The van der Waals surface area contributed by atoms with Crippen molar-refractivity contribution in [1.29, 1.82) is 0 Å². The van der Waals surface area contributed by atoms with Crippen molar-refractivity contribution in [3.63, 3.8) is 0 Å². The minimum Gasteiger partial charge on any atom is -0.387 e. The predicted molar refractivity (Wildman–Crippen MR) is 91.3 cm³/mol. The van der Waals surface area contributed by atoms with Crippen molar-refractivity contribution in [2.45, 2.75) is 51.7 Å². The largest absolute Gasteiger partial charge is 0.387 e. The molecular weight excluding hydrogens is 292 g/mol. The molecule has 3 rings (SSSR count). The molecule has 1 aromatic heterocycles. The van der Waals surface area contributed by atoms with E-state index in [0.29, 0.717) is 12.6 Å². The van der Waals surface area contributed by atoms with Gasteiger partial charge in [-0.15, -0.1) is 11.3 Å². The first kappa shape index (κ1) is 15.7. The van der Waals surface area contributed by atoms with Crippen molar-refractivity contribution in [2.75, 3.05) is 6.54 Å². The number of hydrogen-bond acceptors (Lipinski definition) is 4. The number of fused-ring (bicyclic) bond motifs is 1. The SMILES string of the molecule is CCc1nc2c(s1)C(NCC(O)c1cccc(C)c1)CCC2. The molecule has 0 radical (unpaired) electrons. The van der Waals surface area contributed by atoms with Gasteiger partial charge in [0.15, 0.2) is 0 Å². The maximum absolute atomic E-state index is 10.4. The van der Waals surface area contributed by atoms with Gasteiger partial charge in [0, 0.05) is 17.5 Å². The normalized spacial score (nSPS) is 19.0. The Bertz CT molecular complexity index is 638. The summed E-state index contributed by atoms with van der Waals surface area (Å²) in [6, 6.07) is 8.46. The summed E-state index contributed by atoms with van der Waals surface area (Å²) in [4.78, 5) is 6.12. The van der Waals surface area contributed by atoms with Crippen LogP contribution >= 0.6 is 11.3 Å². The Morgan fingerprint density at radius 1 is 1.45 bits per heavy atom. The lowest BCUT2D eigenvalue weighted by Crippen LogP contribution is -2.28. The summed E-state index contributed by atoms with van der Waals surface area (Å²) >= 11 is 1.84. The summed E-state index contributed by atoms with van der Waals surface area (Å²) < 4.78 is 0. The number of thiazole rings is 1. The van der Waals surface area contributed by atoms with E-state index in [0.717, 1.165) is 24.8 Å². The van der Waals surface area contributed by atoms with Crippen LogP contribution in [0.1, 0.15) is 58.6 Å². The summed E-state index contributed by atoms with van der Waals surface area (Å²) in [5.41, 5.74) is 3.45. The number of aliphatic hydroxyl groups is 1. The number of aliphatic hydroxyl groups excluding tert-OH is 1. The average Bonchev–Trinajstić information content (AvgIpc) is 2.96. The van der Waals surface area contributed by atoms with Crippen LogP contribution in [-0.2, 0) is 12.8 Å². The summed E-state index contributed by atoms with van der Waals surface area (Å²) in [6.07, 6.45) is 3.97. The van der Waals surface area contributed by atoms with Crippen LogP contribution < -0.4 is 5.32 Å². The van der Waals surface area contributed by atoms with Crippen LogP contribution in [0.25, 0.3) is 0 Å². The first-order valence-electron chi connectivity index (χ1n) is 8.14. The average molecular weight is 316 g/mol. The zero-order valence-corrected chi connectivity index (χ0v) is 14.1. The van der Waals surface area contributed by atoms with E-state index >= 15 is 0 Å². The van der Waals surface area contributed by atoms with Gasteiger partial charge < -0.3 is 10.4 Å². The Labute approximate surface area is 136 Å². The van der Waals surface area contributed by atoms with Crippen molar-refractivity contribution in [2.24, 2.45) is 0 Å². The zero-order chi connectivity index (χ0) is 15.5. The molecule has 0 fully saturated rings. The van der Waals surface area contributed by atoms with E-state index in [-0.39, 0.29) is 0 Å².